The molecule has 0 radical (unpaired) electrons. The highest BCUT2D eigenvalue weighted by Crippen LogP contribution is 2.06. The van der Waals surface area contributed by atoms with Crippen LogP contribution in [0, 0.1) is 0 Å². The summed E-state index contributed by atoms with van der Waals surface area (Å²) in [7, 11) is 1.77. The number of nitrogens with zero attached hydrogens (tertiary/aromatic N) is 3. The van der Waals surface area contributed by atoms with Gasteiger partial charge in [0.05, 0.1) is 5.69 Å². The highest BCUT2D eigenvalue weighted by Gasteiger charge is 2.19. The Bertz CT molecular complexity index is 524. The highest BCUT2D eigenvalue weighted by molar-refractivity contribution is 5.85. The first-order valence-corrected chi connectivity index (χ1v) is 6.37. The Balaban J connectivity index is 2.68. The predicted octanol–water partition coefficient (Wildman–Crippen LogP) is -0.936. The zero-order valence-electron chi connectivity index (χ0n) is 12.0. The molecule has 0 unspecified atom stereocenters. The largest absolute Gasteiger partial charge is 0.480 e. The van der Waals surface area contributed by atoms with E-state index >= 15 is 0 Å². The van der Waals surface area contributed by atoms with Crippen molar-refractivity contribution in [2.75, 3.05) is 13.1 Å². The van der Waals surface area contributed by atoms with E-state index in [0.717, 1.165) is 16.2 Å². The second kappa shape index (κ2) is 7.27. The van der Waals surface area contributed by atoms with Crippen LogP contribution in [0.4, 0.5) is 4.79 Å². The summed E-state index contributed by atoms with van der Waals surface area (Å²) in [4.78, 5) is 34.3. The average Bonchev–Trinajstić information content (AvgIpc) is 2.74. The van der Waals surface area contributed by atoms with Gasteiger partial charge in [-0.1, -0.05) is 6.92 Å². The lowest BCUT2D eigenvalue weighted by molar-refractivity contribution is -0.137. The molecule has 21 heavy (non-hydrogen) atoms. The van der Waals surface area contributed by atoms with Gasteiger partial charge < -0.3 is 21.1 Å². The van der Waals surface area contributed by atoms with E-state index in [2.05, 4.69) is 10.4 Å². The van der Waals surface area contributed by atoms with E-state index in [1.165, 1.54) is 0 Å². The lowest BCUT2D eigenvalue weighted by atomic mass is 10.2. The standard InChI is InChI=1S/C12H19N5O4/c1-3-9-8(5-16(2)15-9)4-14-12(21)17(6-10(13)18)7-11(19)20/h5H,3-4,6-7H2,1-2H3,(H2,13,18)(H,14,21)(H,19,20). The Morgan fingerprint density at radius 2 is 2.10 bits per heavy atom. The summed E-state index contributed by atoms with van der Waals surface area (Å²) < 4.78 is 1.64. The van der Waals surface area contributed by atoms with Crippen LogP contribution in [0.15, 0.2) is 6.20 Å². The molecule has 0 aliphatic carbocycles. The van der Waals surface area contributed by atoms with E-state index in [4.69, 9.17) is 10.8 Å². The zero-order valence-corrected chi connectivity index (χ0v) is 12.0. The Hall–Kier alpha value is -2.58. The third-order valence-electron chi connectivity index (χ3n) is 2.72. The van der Waals surface area contributed by atoms with Crippen LogP contribution in [-0.4, -0.2) is 50.8 Å². The Labute approximate surface area is 121 Å². The van der Waals surface area contributed by atoms with Gasteiger partial charge in [-0.05, 0) is 6.42 Å². The average molecular weight is 297 g/mol. The van der Waals surface area contributed by atoms with Gasteiger partial charge in [-0.25, -0.2) is 4.79 Å². The number of hydrogen-bond donors (Lipinski definition) is 3. The number of urea groups is 1. The normalized spacial score (nSPS) is 10.2. The molecule has 1 rings (SSSR count). The summed E-state index contributed by atoms with van der Waals surface area (Å²) >= 11 is 0. The molecule has 0 spiro atoms. The molecule has 0 aliphatic rings. The molecule has 116 valence electrons. The lowest BCUT2D eigenvalue weighted by Crippen LogP contribution is -2.46. The minimum absolute atomic E-state index is 0.199. The molecule has 0 bridgehead atoms. The summed E-state index contributed by atoms with van der Waals surface area (Å²) in [6, 6.07) is -0.665. The molecule has 0 aromatic carbocycles. The first kappa shape index (κ1) is 16.5. The van der Waals surface area contributed by atoms with Crippen molar-refractivity contribution in [3.8, 4) is 0 Å². The van der Waals surface area contributed by atoms with Crippen molar-refractivity contribution in [1.82, 2.24) is 20.0 Å². The van der Waals surface area contributed by atoms with E-state index < -0.39 is 31.0 Å². The SMILES string of the molecule is CCc1nn(C)cc1CNC(=O)N(CC(N)=O)CC(=O)O. The maximum atomic E-state index is 11.9. The number of carboxylic acid groups (broad SMARTS) is 1. The lowest BCUT2D eigenvalue weighted by Gasteiger charge is -2.19. The molecule has 4 N–H and O–H groups in total. The van der Waals surface area contributed by atoms with Crippen molar-refractivity contribution < 1.29 is 19.5 Å². The molecule has 1 heterocycles. The fraction of sp³-hybridized carbons (Fsp3) is 0.500. The predicted molar refractivity (Wildman–Crippen MR) is 73.2 cm³/mol. The van der Waals surface area contributed by atoms with Crippen molar-refractivity contribution in [1.29, 1.82) is 0 Å². The van der Waals surface area contributed by atoms with Gasteiger partial charge >= 0.3 is 12.0 Å². The minimum Gasteiger partial charge on any atom is -0.480 e. The van der Waals surface area contributed by atoms with Crippen LogP contribution in [0.5, 0.6) is 0 Å². The number of nitrogens with one attached hydrogen (secondary N) is 1. The summed E-state index contributed by atoms with van der Waals surface area (Å²) in [6.45, 7) is 1.09. The number of nitrogens with two attached hydrogens (primary N) is 1. The summed E-state index contributed by atoms with van der Waals surface area (Å²) in [5, 5.41) is 15.5. The molecule has 0 saturated heterocycles. The summed E-state index contributed by atoms with van der Waals surface area (Å²) in [5.41, 5.74) is 6.68. The van der Waals surface area contributed by atoms with Crippen LogP contribution < -0.4 is 11.1 Å². The topological polar surface area (TPSA) is 131 Å². The van der Waals surface area contributed by atoms with Crippen LogP contribution in [0.25, 0.3) is 0 Å². The maximum absolute atomic E-state index is 11.9. The van der Waals surface area contributed by atoms with Crippen LogP contribution in [0.1, 0.15) is 18.2 Å². The Kier molecular flexibility index (Phi) is 5.70. The summed E-state index contributed by atoms with van der Waals surface area (Å²) in [5.74, 6) is -2.00. The monoisotopic (exact) mass is 297 g/mol. The molecule has 3 amide bonds. The number of carbonyl (C=O) groups is 3. The number of carboxylic acids is 1. The number of rotatable bonds is 7. The van der Waals surface area contributed by atoms with Gasteiger partial charge in [0, 0.05) is 25.4 Å². The molecule has 1 aromatic rings. The molecule has 9 nitrogen and oxygen atoms in total. The van der Waals surface area contributed by atoms with Gasteiger partial charge in [0.1, 0.15) is 13.1 Å². The van der Waals surface area contributed by atoms with Crippen LogP contribution in [0.2, 0.25) is 0 Å². The first-order valence-electron chi connectivity index (χ1n) is 6.37. The molecule has 0 fully saturated rings. The smallest absolute Gasteiger partial charge is 0.323 e. The number of aromatic nitrogens is 2. The van der Waals surface area contributed by atoms with Crippen LogP contribution in [0.3, 0.4) is 0 Å². The van der Waals surface area contributed by atoms with E-state index in [9.17, 15) is 14.4 Å². The number of hydrogen-bond acceptors (Lipinski definition) is 4. The molecular formula is C12H19N5O4. The first-order chi connectivity index (χ1) is 9.83. The van der Waals surface area contributed by atoms with Crippen molar-refractivity contribution in [3.05, 3.63) is 17.5 Å². The van der Waals surface area contributed by atoms with Crippen LogP contribution in [-0.2, 0) is 29.6 Å². The van der Waals surface area contributed by atoms with Gasteiger partial charge in [0.2, 0.25) is 5.91 Å². The third-order valence-corrected chi connectivity index (χ3v) is 2.72. The van der Waals surface area contributed by atoms with Gasteiger partial charge in [-0.3, -0.25) is 14.3 Å². The fourth-order valence-corrected chi connectivity index (χ4v) is 1.86. The minimum atomic E-state index is -1.22. The third kappa shape index (κ3) is 5.13. The molecule has 0 atom stereocenters. The van der Waals surface area contributed by atoms with Gasteiger partial charge in [0.15, 0.2) is 0 Å². The molecule has 0 aliphatic heterocycles. The number of carbonyl (C=O) groups excluding carboxylic acids is 2. The van der Waals surface area contributed by atoms with E-state index in [1.54, 1.807) is 17.9 Å². The summed E-state index contributed by atoms with van der Waals surface area (Å²) in [6.07, 6.45) is 2.49. The second-order valence-electron chi connectivity index (χ2n) is 4.50. The Morgan fingerprint density at radius 3 is 2.62 bits per heavy atom. The van der Waals surface area contributed by atoms with Crippen molar-refractivity contribution in [2.45, 2.75) is 19.9 Å². The van der Waals surface area contributed by atoms with E-state index in [1.807, 2.05) is 6.92 Å². The van der Waals surface area contributed by atoms with Crippen LogP contribution >= 0.6 is 0 Å². The van der Waals surface area contributed by atoms with Gasteiger partial charge in [-0.15, -0.1) is 0 Å². The zero-order chi connectivity index (χ0) is 16.0. The molecule has 1 aromatic heterocycles. The molecule has 9 heteroatoms. The number of aryl methyl sites for hydroxylation is 2. The van der Waals surface area contributed by atoms with E-state index in [0.29, 0.717) is 6.42 Å². The Morgan fingerprint density at radius 1 is 1.43 bits per heavy atom. The van der Waals surface area contributed by atoms with Crippen molar-refractivity contribution >= 4 is 17.9 Å². The quantitative estimate of drug-likeness (QED) is 0.598. The maximum Gasteiger partial charge on any atom is 0.323 e. The van der Waals surface area contributed by atoms with E-state index in [-0.39, 0.29) is 6.54 Å². The fourth-order valence-electron chi connectivity index (χ4n) is 1.86. The van der Waals surface area contributed by atoms with Gasteiger partial charge in [0.25, 0.3) is 0 Å². The molecular weight excluding hydrogens is 278 g/mol. The van der Waals surface area contributed by atoms with Gasteiger partial charge in [-0.2, -0.15) is 5.10 Å². The number of aliphatic carboxylic acids is 1. The second-order valence-corrected chi connectivity index (χ2v) is 4.50. The number of primary amides is 1. The van der Waals surface area contributed by atoms with Crippen molar-refractivity contribution in [2.24, 2.45) is 12.8 Å². The van der Waals surface area contributed by atoms with Crippen molar-refractivity contribution in [3.63, 3.8) is 0 Å². The highest BCUT2D eigenvalue weighted by atomic mass is 16.4. The number of amides is 3. The molecule has 0 saturated carbocycles.